The molecular weight excluding hydrogens is 656 g/mol. The van der Waals surface area contributed by atoms with Gasteiger partial charge in [-0.05, 0) is 53.9 Å². The first-order valence-electron chi connectivity index (χ1n) is 14.7. The Morgan fingerprint density at radius 2 is 1.91 bits per heavy atom. The maximum absolute atomic E-state index is 14.6. The average molecular weight is 695 g/mol. The topological polar surface area (TPSA) is 154 Å². The highest BCUT2D eigenvalue weighted by Gasteiger charge is 2.36. The van der Waals surface area contributed by atoms with Crippen molar-refractivity contribution < 1.29 is 37.7 Å². The summed E-state index contributed by atoms with van der Waals surface area (Å²) >= 11 is 0. The van der Waals surface area contributed by atoms with Crippen LogP contribution in [0.15, 0.2) is 54.7 Å². The van der Waals surface area contributed by atoms with Crippen LogP contribution in [0.3, 0.4) is 0 Å². The Hall–Kier alpha value is -4.33. The Bertz CT molecular complexity index is 1550. The minimum atomic E-state index is -0.686. The number of methoxy groups -OCH3 is 1. The summed E-state index contributed by atoms with van der Waals surface area (Å²) < 4.78 is 37.7. The number of carbonyl (C=O) groups excluding carboxylic acids is 3. The molecule has 0 radical (unpaired) electrons. The second-order valence-corrected chi connectivity index (χ2v) is 10.7. The molecule has 3 aromatic rings. The van der Waals surface area contributed by atoms with E-state index in [1.54, 1.807) is 35.2 Å². The summed E-state index contributed by atoms with van der Waals surface area (Å²) in [6, 6.07) is 12.1. The first kappa shape index (κ1) is 37.1. The molecule has 0 aliphatic carbocycles. The number of nitrogens with one attached hydrogen (secondary N) is 2. The third-order valence-corrected chi connectivity index (χ3v) is 7.47. The standard InChI is InChI=1S/C32H36FN5O7.2ClH/c1-42-26-6-4-20-5-7-29(39)36-17-21-13-22(33)16-23(14-21)45-25-8-11-38(18-24(25)37-30(40)19-44-28(26)15-20)32(41)31-27(43-12-9-34)3-2-10-35-31;;/h2-4,6,10,13-16,24-25H,5,7-9,11-12,17-19,34H2,1H3,(H,36,39)(H,37,40);2*1H/t24-,25-;;/m1../s1. The number of fused-ring (bicyclic) bond motifs is 5. The van der Waals surface area contributed by atoms with Crippen LogP contribution in [0.4, 0.5) is 4.39 Å². The lowest BCUT2D eigenvalue weighted by atomic mass is 10.0. The Morgan fingerprint density at radius 3 is 2.70 bits per heavy atom. The minimum absolute atomic E-state index is 0. The molecule has 1 saturated heterocycles. The third kappa shape index (κ3) is 9.83. The molecule has 254 valence electrons. The number of hydrogen-bond donors (Lipinski definition) is 3. The molecule has 1 fully saturated rings. The number of pyridine rings is 1. The van der Waals surface area contributed by atoms with E-state index in [1.807, 2.05) is 6.07 Å². The van der Waals surface area contributed by atoms with Crippen LogP contribution in [0.25, 0.3) is 0 Å². The normalized spacial score (nSPS) is 18.1. The zero-order chi connectivity index (χ0) is 31.8. The fourth-order valence-corrected chi connectivity index (χ4v) is 5.27. The van der Waals surface area contributed by atoms with Gasteiger partial charge in [0.2, 0.25) is 5.91 Å². The zero-order valence-electron chi connectivity index (χ0n) is 25.7. The summed E-state index contributed by atoms with van der Waals surface area (Å²) in [5.74, 6) is -0.237. The van der Waals surface area contributed by atoms with Crippen molar-refractivity contribution in [1.82, 2.24) is 20.5 Å². The van der Waals surface area contributed by atoms with Crippen molar-refractivity contribution >= 4 is 42.5 Å². The molecule has 0 unspecified atom stereocenters. The van der Waals surface area contributed by atoms with Crippen molar-refractivity contribution in [2.75, 3.05) is 40.0 Å². The summed E-state index contributed by atoms with van der Waals surface area (Å²) in [6.45, 7) is 0.606. The van der Waals surface area contributed by atoms with Crippen LogP contribution in [0, 0.1) is 5.82 Å². The van der Waals surface area contributed by atoms with E-state index in [0.717, 1.165) is 5.56 Å². The van der Waals surface area contributed by atoms with Crippen molar-refractivity contribution in [2.45, 2.75) is 38.0 Å². The number of ether oxygens (including phenoxy) is 4. The second kappa shape index (κ2) is 17.5. The molecule has 12 nitrogen and oxygen atoms in total. The Balaban J connectivity index is 0.00000300. The number of carbonyl (C=O) groups is 3. The number of halogens is 3. The SMILES string of the molecule is COc1ccc2cc1OCC(=O)N[C@@H]1CN(C(=O)c3ncccc3OCCN)CC[C@H]1Oc1cc(F)cc(c1)CNC(=O)CC2.Cl.Cl. The van der Waals surface area contributed by atoms with Crippen molar-refractivity contribution in [2.24, 2.45) is 5.73 Å². The van der Waals surface area contributed by atoms with E-state index in [9.17, 15) is 18.8 Å². The van der Waals surface area contributed by atoms with Gasteiger partial charge in [-0.15, -0.1) is 24.8 Å². The van der Waals surface area contributed by atoms with Gasteiger partial charge in [-0.3, -0.25) is 14.4 Å². The number of likely N-dealkylation sites (tertiary alicyclic amines) is 1. The lowest BCUT2D eigenvalue weighted by Gasteiger charge is -2.38. The van der Waals surface area contributed by atoms with Gasteiger partial charge in [0.15, 0.2) is 29.5 Å². The lowest BCUT2D eigenvalue weighted by molar-refractivity contribution is -0.125. The minimum Gasteiger partial charge on any atom is -0.493 e. The third-order valence-electron chi connectivity index (χ3n) is 7.47. The van der Waals surface area contributed by atoms with Crippen molar-refractivity contribution in [3.63, 3.8) is 0 Å². The number of hydrogen-bond acceptors (Lipinski definition) is 9. The zero-order valence-corrected chi connectivity index (χ0v) is 27.4. The predicted octanol–water partition coefficient (Wildman–Crippen LogP) is 2.83. The van der Waals surface area contributed by atoms with Gasteiger partial charge in [-0.1, -0.05) is 6.07 Å². The molecule has 0 spiro atoms. The summed E-state index contributed by atoms with van der Waals surface area (Å²) in [6.07, 6.45) is 1.82. The van der Waals surface area contributed by atoms with Gasteiger partial charge in [0, 0.05) is 51.3 Å². The molecule has 2 aliphatic heterocycles. The molecule has 1 aromatic heterocycles. The second-order valence-electron chi connectivity index (χ2n) is 10.7. The molecule has 4 bridgehead atoms. The molecular formula is C32H38Cl2FN5O7. The van der Waals surface area contributed by atoms with Crippen molar-refractivity contribution in [3.8, 4) is 23.0 Å². The van der Waals surface area contributed by atoms with Crippen molar-refractivity contribution in [1.29, 1.82) is 0 Å². The lowest BCUT2D eigenvalue weighted by Crippen LogP contribution is -2.58. The summed E-state index contributed by atoms with van der Waals surface area (Å²) in [5.41, 5.74) is 7.04. The molecule has 3 heterocycles. The summed E-state index contributed by atoms with van der Waals surface area (Å²) in [5, 5.41) is 5.76. The molecule has 2 aliphatic rings. The number of benzene rings is 2. The Labute approximate surface area is 284 Å². The molecule has 15 heteroatoms. The Morgan fingerprint density at radius 1 is 1.09 bits per heavy atom. The van der Waals surface area contributed by atoms with E-state index in [0.29, 0.717) is 35.7 Å². The van der Waals surface area contributed by atoms with Gasteiger partial charge in [-0.25, -0.2) is 9.37 Å². The fraction of sp³-hybridized carbons (Fsp3) is 0.375. The van der Waals surface area contributed by atoms with Crippen LogP contribution >= 0.6 is 24.8 Å². The smallest absolute Gasteiger partial charge is 0.276 e. The number of nitrogens with two attached hydrogens (primary N) is 1. The maximum atomic E-state index is 14.6. The number of nitrogens with zero attached hydrogens (tertiary/aromatic N) is 2. The number of rotatable bonds is 5. The van der Waals surface area contributed by atoms with E-state index in [1.165, 1.54) is 25.4 Å². The quantitative estimate of drug-likeness (QED) is 0.366. The first-order chi connectivity index (χ1) is 21.8. The van der Waals surface area contributed by atoms with Gasteiger partial charge in [-0.2, -0.15) is 0 Å². The number of amides is 3. The van der Waals surface area contributed by atoms with E-state index in [2.05, 4.69) is 15.6 Å². The monoisotopic (exact) mass is 693 g/mol. The molecule has 2 atom stereocenters. The van der Waals surface area contributed by atoms with E-state index < -0.39 is 23.9 Å². The number of piperidine rings is 1. The van der Waals surface area contributed by atoms with Crippen molar-refractivity contribution in [3.05, 3.63) is 77.4 Å². The first-order valence-corrected chi connectivity index (χ1v) is 14.7. The largest absolute Gasteiger partial charge is 0.493 e. The van der Waals surface area contributed by atoms with Crippen LogP contribution in [-0.2, 0) is 22.6 Å². The molecule has 4 N–H and O–H groups in total. The summed E-state index contributed by atoms with van der Waals surface area (Å²) in [7, 11) is 1.50. The highest BCUT2D eigenvalue weighted by Crippen LogP contribution is 2.29. The summed E-state index contributed by atoms with van der Waals surface area (Å²) in [4.78, 5) is 45.2. The maximum Gasteiger partial charge on any atom is 0.276 e. The van der Waals surface area contributed by atoms with Crippen LogP contribution in [0.1, 0.15) is 34.5 Å². The van der Waals surface area contributed by atoms with Gasteiger partial charge in [0.1, 0.15) is 24.3 Å². The van der Waals surface area contributed by atoms with Crippen LogP contribution in [0.5, 0.6) is 23.0 Å². The number of aromatic nitrogens is 1. The molecule has 5 rings (SSSR count). The van der Waals surface area contributed by atoms with Gasteiger partial charge < -0.3 is 40.2 Å². The van der Waals surface area contributed by atoms with Crippen LogP contribution in [0.2, 0.25) is 0 Å². The van der Waals surface area contributed by atoms with E-state index in [-0.39, 0.29) is 93.9 Å². The van der Waals surface area contributed by atoms with Crippen LogP contribution < -0.4 is 35.3 Å². The number of aryl methyl sites for hydroxylation is 1. The van der Waals surface area contributed by atoms with Gasteiger partial charge in [0.25, 0.3) is 11.8 Å². The van der Waals surface area contributed by atoms with E-state index in [4.69, 9.17) is 24.7 Å². The predicted molar refractivity (Wildman–Crippen MR) is 175 cm³/mol. The fourth-order valence-electron chi connectivity index (χ4n) is 5.27. The highest BCUT2D eigenvalue weighted by atomic mass is 35.5. The highest BCUT2D eigenvalue weighted by molar-refractivity contribution is 5.95. The Kier molecular flexibility index (Phi) is 13.9. The molecule has 3 amide bonds. The van der Waals surface area contributed by atoms with E-state index >= 15 is 0 Å². The average Bonchev–Trinajstić information content (AvgIpc) is 3.04. The molecule has 47 heavy (non-hydrogen) atoms. The molecule has 2 aromatic carbocycles. The molecule has 0 saturated carbocycles. The van der Waals surface area contributed by atoms with Gasteiger partial charge >= 0.3 is 0 Å². The van der Waals surface area contributed by atoms with Gasteiger partial charge in [0.05, 0.1) is 13.2 Å². The van der Waals surface area contributed by atoms with Crippen LogP contribution in [-0.4, -0.2) is 79.7 Å².